The molecule has 2 heteroatoms. The molecule has 0 bridgehead atoms. The van der Waals surface area contributed by atoms with Crippen LogP contribution in [0, 0.1) is 0 Å². The van der Waals surface area contributed by atoms with Crippen LogP contribution in [0.1, 0.15) is 40.0 Å². The summed E-state index contributed by atoms with van der Waals surface area (Å²) in [4.78, 5) is 14.9. The maximum absolute atomic E-state index is 10.6. The topological polar surface area (TPSA) is 29.4 Å². The highest BCUT2D eigenvalue weighted by molar-refractivity contribution is 5.99. The summed E-state index contributed by atoms with van der Waals surface area (Å²) in [5, 5.41) is 0. The Balaban J connectivity index is 3.54. The van der Waals surface area contributed by atoms with E-state index in [1.54, 1.807) is 6.92 Å². The zero-order chi connectivity index (χ0) is 8.69. The third kappa shape index (κ3) is 7.23. The number of carbonyl (C=O) groups excluding carboxylic acids is 1. The van der Waals surface area contributed by atoms with E-state index < -0.39 is 0 Å². The molecule has 2 nitrogen and oxygen atoms in total. The van der Waals surface area contributed by atoms with Gasteiger partial charge in [-0.05, 0) is 20.3 Å². The Hall–Kier alpha value is -0.660. The van der Waals surface area contributed by atoms with E-state index in [9.17, 15) is 4.79 Å². The van der Waals surface area contributed by atoms with Crippen molar-refractivity contribution in [1.29, 1.82) is 0 Å². The lowest BCUT2D eigenvalue weighted by atomic mass is 10.2. The van der Waals surface area contributed by atoms with E-state index in [-0.39, 0.29) is 5.78 Å². The van der Waals surface area contributed by atoms with Gasteiger partial charge in [0, 0.05) is 18.7 Å². The Labute approximate surface area is 68.7 Å². The third-order valence-electron chi connectivity index (χ3n) is 1.40. The first-order valence-corrected chi connectivity index (χ1v) is 4.16. The zero-order valence-corrected chi connectivity index (χ0v) is 7.68. The zero-order valence-electron chi connectivity index (χ0n) is 7.68. The minimum atomic E-state index is 0.197. The largest absolute Gasteiger partial charge is 0.300 e. The summed E-state index contributed by atoms with van der Waals surface area (Å²) in [5.74, 6) is 0.197. The molecule has 0 saturated carbocycles. The van der Waals surface area contributed by atoms with Crippen molar-refractivity contribution in [3.8, 4) is 0 Å². The molecule has 0 aliphatic heterocycles. The minimum Gasteiger partial charge on any atom is -0.300 e. The van der Waals surface area contributed by atoms with E-state index >= 15 is 0 Å². The fourth-order valence-electron chi connectivity index (χ4n) is 0.844. The lowest BCUT2D eigenvalue weighted by Crippen LogP contribution is -2.00. The van der Waals surface area contributed by atoms with Crippen molar-refractivity contribution in [2.24, 2.45) is 4.99 Å². The molecule has 0 aromatic rings. The minimum absolute atomic E-state index is 0.197. The van der Waals surface area contributed by atoms with Crippen molar-refractivity contribution in [2.45, 2.75) is 40.0 Å². The number of Topliss-reactive ketones (excluding diaryl/α,β-unsaturated/α-hetero) is 1. The summed E-state index contributed by atoms with van der Waals surface area (Å²) in [6.45, 7) is 6.52. The van der Waals surface area contributed by atoms with Crippen molar-refractivity contribution in [2.75, 3.05) is 6.54 Å². The number of nitrogens with zero attached hydrogens (tertiary/aromatic N) is 1. The summed E-state index contributed by atoms with van der Waals surface area (Å²) < 4.78 is 0. The highest BCUT2D eigenvalue weighted by atomic mass is 16.1. The summed E-state index contributed by atoms with van der Waals surface area (Å²) >= 11 is 0. The first-order chi connectivity index (χ1) is 5.16. The maximum atomic E-state index is 10.6. The molecule has 64 valence electrons. The van der Waals surface area contributed by atoms with Gasteiger partial charge >= 0.3 is 0 Å². The van der Waals surface area contributed by atoms with Gasteiger partial charge in [0.2, 0.25) is 0 Å². The Bertz CT molecular complexity index is 150. The number of ketones is 1. The average molecular weight is 155 g/mol. The SMILES string of the molecule is CCCCN=C(C)CC(C)=O. The first-order valence-electron chi connectivity index (χ1n) is 4.16. The molecule has 11 heavy (non-hydrogen) atoms. The second-order valence-corrected chi connectivity index (χ2v) is 2.85. The molecule has 0 spiro atoms. The number of carbonyl (C=O) groups is 1. The third-order valence-corrected chi connectivity index (χ3v) is 1.40. The van der Waals surface area contributed by atoms with Crippen LogP contribution in [0.5, 0.6) is 0 Å². The Kier molecular flexibility index (Phi) is 5.71. The van der Waals surface area contributed by atoms with Gasteiger partial charge in [-0.2, -0.15) is 0 Å². The number of hydrogen-bond donors (Lipinski definition) is 0. The summed E-state index contributed by atoms with van der Waals surface area (Å²) in [6.07, 6.45) is 2.80. The van der Waals surface area contributed by atoms with Crippen molar-refractivity contribution < 1.29 is 4.79 Å². The molecule has 0 atom stereocenters. The second-order valence-electron chi connectivity index (χ2n) is 2.85. The van der Waals surface area contributed by atoms with Gasteiger partial charge in [-0.15, -0.1) is 0 Å². The van der Waals surface area contributed by atoms with Crippen LogP contribution in [-0.4, -0.2) is 18.0 Å². The highest BCUT2D eigenvalue weighted by Crippen LogP contribution is 1.92. The highest BCUT2D eigenvalue weighted by Gasteiger charge is 1.94. The molecule has 0 saturated heterocycles. The van der Waals surface area contributed by atoms with Crippen LogP contribution in [0.3, 0.4) is 0 Å². The Morgan fingerprint density at radius 3 is 2.45 bits per heavy atom. The molecule has 0 rings (SSSR count). The standard InChI is InChI=1S/C9H17NO/c1-4-5-6-10-8(2)7-9(3)11/h4-7H2,1-3H3. The van der Waals surface area contributed by atoms with Crippen molar-refractivity contribution in [3.63, 3.8) is 0 Å². The van der Waals surface area contributed by atoms with Gasteiger partial charge in [-0.3, -0.25) is 9.79 Å². The molecular formula is C9H17NO. The van der Waals surface area contributed by atoms with Crippen LogP contribution in [0.25, 0.3) is 0 Å². The number of unbranched alkanes of at least 4 members (excludes halogenated alkanes) is 1. The number of rotatable bonds is 5. The van der Waals surface area contributed by atoms with Crippen LogP contribution in [-0.2, 0) is 4.79 Å². The lowest BCUT2D eigenvalue weighted by molar-refractivity contribution is -0.115. The summed E-state index contributed by atoms with van der Waals surface area (Å²) in [5.41, 5.74) is 0.964. The Morgan fingerprint density at radius 1 is 1.36 bits per heavy atom. The molecule has 0 unspecified atom stereocenters. The van der Waals surface area contributed by atoms with Gasteiger partial charge in [0.05, 0.1) is 0 Å². The molecule has 0 amide bonds. The van der Waals surface area contributed by atoms with Crippen molar-refractivity contribution in [1.82, 2.24) is 0 Å². The smallest absolute Gasteiger partial charge is 0.135 e. The quantitative estimate of drug-likeness (QED) is 0.442. The van der Waals surface area contributed by atoms with Crippen LogP contribution in [0.2, 0.25) is 0 Å². The van der Waals surface area contributed by atoms with E-state index in [2.05, 4.69) is 11.9 Å². The molecule has 0 aliphatic carbocycles. The molecule has 0 aromatic heterocycles. The Morgan fingerprint density at radius 2 is 2.00 bits per heavy atom. The molecule has 0 heterocycles. The van der Waals surface area contributed by atoms with E-state index in [0.717, 1.165) is 25.1 Å². The second kappa shape index (κ2) is 6.08. The normalized spacial score (nSPS) is 11.7. The first kappa shape index (κ1) is 10.3. The van der Waals surface area contributed by atoms with E-state index in [0.29, 0.717) is 6.42 Å². The fourth-order valence-corrected chi connectivity index (χ4v) is 0.844. The molecule has 0 aliphatic rings. The van der Waals surface area contributed by atoms with Crippen molar-refractivity contribution >= 4 is 11.5 Å². The van der Waals surface area contributed by atoms with Gasteiger partial charge in [-0.25, -0.2) is 0 Å². The molecule has 0 N–H and O–H groups in total. The van der Waals surface area contributed by atoms with Crippen LogP contribution in [0.15, 0.2) is 4.99 Å². The molecule has 0 aromatic carbocycles. The van der Waals surface area contributed by atoms with Crippen LogP contribution < -0.4 is 0 Å². The van der Waals surface area contributed by atoms with Crippen molar-refractivity contribution in [3.05, 3.63) is 0 Å². The average Bonchev–Trinajstić information content (AvgIpc) is 1.86. The van der Waals surface area contributed by atoms with Crippen LogP contribution >= 0.6 is 0 Å². The molecular weight excluding hydrogens is 138 g/mol. The predicted octanol–water partition coefficient (Wildman–Crippen LogP) is 2.23. The summed E-state index contributed by atoms with van der Waals surface area (Å²) in [6, 6.07) is 0. The van der Waals surface area contributed by atoms with Gasteiger partial charge in [0.1, 0.15) is 5.78 Å². The maximum Gasteiger partial charge on any atom is 0.135 e. The van der Waals surface area contributed by atoms with Gasteiger partial charge in [0.15, 0.2) is 0 Å². The van der Waals surface area contributed by atoms with E-state index in [1.807, 2.05) is 6.92 Å². The fraction of sp³-hybridized carbons (Fsp3) is 0.778. The number of aliphatic imine (C=N–C) groups is 1. The van der Waals surface area contributed by atoms with Crippen LogP contribution in [0.4, 0.5) is 0 Å². The monoisotopic (exact) mass is 155 g/mol. The van der Waals surface area contributed by atoms with E-state index in [1.165, 1.54) is 0 Å². The molecule has 0 radical (unpaired) electrons. The van der Waals surface area contributed by atoms with E-state index in [4.69, 9.17) is 0 Å². The molecule has 0 fully saturated rings. The van der Waals surface area contributed by atoms with Gasteiger partial charge < -0.3 is 0 Å². The predicted molar refractivity (Wildman–Crippen MR) is 48.2 cm³/mol. The van der Waals surface area contributed by atoms with Gasteiger partial charge in [-0.1, -0.05) is 13.3 Å². The summed E-state index contributed by atoms with van der Waals surface area (Å²) in [7, 11) is 0. The lowest BCUT2D eigenvalue weighted by Gasteiger charge is -1.95. The van der Waals surface area contributed by atoms with Gasteiger partial charge in [0.25, 0.3) is 0 Å². The number of hydrogen-bond acceptors (Lipinski definition) is 2.